The van der Waals surface area contributed by atoms with Crippen molar-refractivity contribution in [3.05, 3.63) is 53.8 Å². The monoisotopic (exact) mass is 305 g/mol. The second kappa shape index (κ2) is 7.48. The molecule has 2 rings (SSSR count). The number of nitrogens with one attached hydrogen (secondary N) is 1. The first-order valence-corrected chi connectivity index (χ1v) is 7.81. The lowest BCUT2D eigenvalue weighted by molar-refractivity contribution is 0.413. The summed E-state index contributed by atoms with van der Waals surface area (Å²) in [5, 5.41) is 3.27. The normalized spacial score (nSPS) is 12.2. The Morgan fingerprint density at radius 1 is 1.24 bits per heavy atom. The summed E-state index contributed by atoms with van der Waals surface area (Å²) in [4.78, 5) is 1.96. The van der Waals surface area contributed by atoms with Crippen LogP contribution in [-0.2, 0) is 0 Å². The molecule has 1 unspecified atom stereocenters. The summed E-state index contributed by atoms with van der Waals surface area (Å²) in [6.07, 6.45) is 0. The summed E-state index contributed by atoms with van der Waals surface area (Å²) >= 11 is 1.55. The molecule has 0 aliphatic rings. The minimum absolute atomic E-state index is 0.0238. The van der Waals surface area contributed by atoms with Crippen molar-refractivity contribution < 1.29 is 9.13 Å². The summed E-state index contributed by atoms with van der Waals surface area (Å²) in [5.74, 6) is 0.633. The zero-order chi connectivity index (χ0) is 15.2. The number of hydrogen-bond donors (Lipinski definition) is 1. The summed E-state index contributed by atoms with van der Waals surface area (Å²) < 4.78 is 19.4. The Kier molecular flexibility index (Phi) is 5.65. The van der Waals surface area contributed by atoms with Gasteiger partial charge in [-0.2, -0.15) is 0 Å². The van der Waals surface area contributed by atoms with Gasteiger partial charge in [-0.1, -0.05) is 30.8 Å². The van der Waals surface area contributed by atoms with Crippen molar-refractivity contribution in [1.82, 2.24) is 5.32 Å². The van der Waals surface area contributed by atoms with Crippen molar-refractivity contribution in [3.63, 3.8) is 0 Å². The molecule has 0 aliphatic carbocycles. The van der Waals surface area contributed by atoms with E-state index in [0.29, 0.717) is 5.56 Å². The molecule has 0 saturated heterocycles. The van der Waals surface area contributed by atoms with Gasteiger partial charge in [0, 0.05) is 21.4 Å². The second-order valence-electron chi connectivity index (χ2n) is 4.71. The molecule has 0 aliphatic heterocycles. The number of ether oxygens (including phenoxy) is 1. The van der Waals surface area contributed by atoms with Gasteiger partial charge in [-0.25, -0.2) is 4.39 Å². The highest BCUT2D eigenvalue weighted by Gasteiger charge is 2.15. The van der Waals surface area contributed by atoms with Gasteiger partial charge in [0.25, 0.3) is 0 Å². The maximum atomic E-state index is 14.2. The van der Waals surface area contributed by atoms with Crippen LogP contribution in [0.3, 0.4) is 0 Å². The minimum atomic E-state index is -0.170. The molecule has 1 N–H and O–H groups in total. The average Bonchev–Trinajstić information content (AvgIpc) is 2.47. The maximum absolute atomic E-state index is 14.2. The van der Waals surface area contributed by atoms with Crippen molar-refractivity contribution >= 4 is 11.8 Å². The fourth-order valence-electron chi connectivity index (χ4n) is 2.23. The van der Waals surface area contributed by atoms with E-state index in [0.717, 1.165) is 22.1 Å². The van der Waals surface area contributed by atoms with E-state index >= 15 is 0 Å². The third kappa shape index (κ3) is 3.99. The van der Waals surface area contributed by atoms with Crippen LogP contribution in [0.4, 0.5) is 4.39 Å². The van der Waals surface area contributed by atoms with Crippen molar-refractivity contribution in [2.24, 2.45) is 0 Å². The smallest absolute Gasteiger partial charge is 0.129 e. The summed E-state index contributed by atoms with van der Waals surface area (Å²) in [6.45, 7) is 4.81. The van der Waals surface area contributed by atoms with Crippen LogP contribution in [0.25, 0.3) is 0 Å². The van der Waals surface area contributed by atoms with Gasteiger partial charge in [0.1, 0.15) is 11.6 Å². The van der Waals surface area contributed by atoms with E-state index < -0.39 is 0 Å². The topological polar surface area (TPSA) is 21.3 Å². The van der Waals surface area contributed by atoms with Crippen molar-refractivity contribution in [2.75, 3.05) is 13.7 Å². The van der Waals surface area contributed by atoms with Crippen LogP contribution in [-0.4, -0.2) is 13.7 Å². The zero-order valence-electron chi connectivity index (χ0n) is 12.5. The molecule has 0 amide bonds. The SMILES string of the molecule is CCNC(C)c1c(F)cccc1Sc1cccc(OC)c1. The Hall–Kier alpha value is -1.52. The van der Waals surface area contributed by atoms with E-state index in [9.17, 15) is 4.39 Å². The van der Waals surface area contributed by atoms with E-state index in [1.165, 1.54) is 6.07 Å². The van der Waals surface area contributed by atoms with Gasteiger partial charge >= 0.3 is 0 Å². The summed E-state index contributed by atoms with van der Waals surface area (Å²) in [5.41, 5.74) is 0.715. The number of hydrogen-bond acceptors (Lipinski definition) is 3. The van der Waals surface area contributed by atoms with Crippen LogP contribution < -0.4 is 10.1 Å². The molecule has 4 heteroatoms. The van der Waals surface area contributed by atoms with E-state index in [1.54, 1.807) is 24.9 Å². The van der Waals surface area contributed by atoms with E-state index in [-0.39, 0.29) is 11.9 Å². The van der Waals surface area contributed by atoms with E-state index in [4.69, 9.17) is 4.74 Å². The third-order valence-electron chi connectivity index (χ3n) is 3.23. The Morgan fingerprint density at radius 2 is 2.00 bits per heavy atom. The molecule has 0 spiro atoms. The standard InChI is InChI=1S/C17H20FNOS/c1-4-19-12(2)17-15(18)9-6-10-16(17)21-14-8-5-7-13(11-14)20-3/h5-12,19H,4H2,1-3H3. The molecule has 1 atom stereocenters. The van der Waals surface area contributed by atoms with E-state index in [1.807, 2.05) is 44.2 Å². The Labute approximate surface area is 129 Å². The first kappa shape index (κ1) is 15.9. The molecule has 2 nitrogen and oxygen atoms in total. The van der Waals surface area contributed by atoms with Gasteiger partial charge in [-0.05, 0) is 43.8 Å². The summed E-state index contributed by atoms with van der Waals surface area (Å²) in [6, 6.07) is 13.0. The molecule has 0 heterocycles. The third-order valence-corrected chi connectivity index (χ3v) is 4.29. The fraction of sp³-hybridized carbons (Fsp3) is 0.294. The highest BCUT2D eigenvalue weighted by atomic mass is 32.2. The predicted octanol–water partition coefficient (Wildman–Crippen LogP) is 4.66. The van der Waals surface area contributed by atoms with Crippen LogP contribution >= 0.6 is 11.8 Å². The van der Waals surface area contributed by atoms with Crippen molar-refractivity contribution in [3.8, 4) is 5.75 Å². The lowest BCUT2D eigenvalue weighted by atomic mass is 10.1. The van der Waals surface area contributed by atoms with E-state index in [2.05, 4.69) is 5.32 Å². The predicted molar refractivity (Wildman–Crippen MR) is 85.6 cm³/mol. The van der Waals surface area contributed by atoms with Gasteiger partial charge in [0.05, 0.1) is 7.11 Å². The van der Waals surface area contributed by atoms with Crippen LogP contribution in [0, 0.1) is 5.82 Å². The van der Waals surface area contributed by atoms with Crippen LogP contribution in [0.2, 0.25) is 0 Å². The van der Waals surface area contributed by atoms with Crippen LogP contribution in [0.5, 0.6) is 5.75 Å². The lowest BCUT2D eigenvalue weighted by Gasteiger charge is -2.18. The molecule has 0 aromatic heterocycles. The quantitative estimate of drug-likeness (QED) is 0.839. The molecule has 0 saturated carbocycles. The Balaban J connectivity index is 2.32. The van der Waals surface area contributed by atoms with Gasteiger partial charge in [-0.3, -0.25) is 0 Å². The van der Waals surface area contributed by atoms with Gasteiger partial charge in [-0.15, -0.1) is 0 Å². The highest BCUT2D eigenvalue weighted by molar-refractivity contribution is 7.99. The summed E-state index contributed by atoms with van der Waals surface area (Å²) in [7, 11) is 1.64. The van der Waals surface area contributed by atoms with Gasteiger partial charge in [0.15, 0.2) is 0 Å². The molecule has 0 fully saturated rings. The van der Waals surface area contributed by atoms with Crippen LogP contribution in [0.15, 0.2) is 52.3 Å². The van der Waals surface area contributed by atoms with Gasteiger partial charge in [0.2, 0.25) is 0 Å². The largest absolute Gasteiger partial charge is 0.497 e. The Morgan fingerprint density at radius 3 is 2.71 bits per heavy atom. The maximum Gasteiger partial charge on any atom is 0.129 e. The molecule has 112 valence electrons. The van der Waals surface area contributed by atoms with Gasteiger partial charge < -0.3 is 10.1 Å². The first-order chi connectivity index (χ1) is 10.2. The molecular formula is C17H20FNOS. The highest BCUT2D eigenvalue weighted by Crippen LogP contribution is 2.35. The number of halogens is 1. The number of methoxy groups -OCH3 is 1. The average molecular weight is 305 g/mol. The second-order valence-corrected chi connectivity index (χ2v) is 5.83. The molecule has 2 aromatic carbocycles. The molecule has 2 aromatic rings. The first-order valence-electron chi connectivity index (χ1n) is 6.99. The van der Waals surface area contributed by atoms with Crippen molar-refractivity contribution in [1.29, 1.82) is 0 Å². The lowest BCUT2D eigenvalue weighted by Crippen LogP contribution is -2.19. The number of benzene rings is 2. The molecule has 21 heavy (non-hydrogen) atoms. The molecule has 0 bridgehead atoms. The van der Waals surface area contributed by atoms with Crippen LogP contribution in [0.1, 0.15) is 25.5 Å². The fourth-order valence-corrected chi connectivity index (χ4v) is 3.33. The number of rotatable bonds is 6. The molecule has 0 radical (unpaired) electrons. The zero-order valence-corrected chi connectivity index (χ0v) is 13.3. The minimum Gasteiger partial charge on any atom is -0.497 e. The molecular weight excluding hydrogens is 285 g/mol. The Bertz CT molecular complexity index is 603. The van der Waals surface area contributed by atoms with Crippen molar-refractivity contribution in [2.45, 2.75) is 29.7 Å².